The molecule has 4 heteroatoms. The predicted octanol–water partition coefficient (Wildman–Crippen LogP) is 4.46. The smallest absolute Gasteiger partial charge is 0.330 e. The average molecular weight is 334 g/mol. The van der Waals surface area contributed by atoms with E-state index in [4.69, 9.17) is 0 Å². The molecule has 0 spiro atoms. The van der Waals surface area contributed by atoms with Crippen molar-refractivity contribution in [3.8, 4) is 6.07 Å². The van der Waals surface area contributed by atoms with E-state index in [0.717, 1.165) is 24.0 Å². The highest BCUT2D eigenvalue weighted by molar-refractivity contribution is 5.86. The van der Waals surface area contributed by atoms with Crippen molar-refractivity contribution >= 4 is 12.0 Å². The lowest BCUT2D eigenvalue weighted by atomic mass is 9.89. The zero-order valence-corrected chi connectivity index (χ0v) is 14.6. The van der Waals surface area contributed by atoms with Crippen molar-refractivity contribution in [3.63, 3.8) is 0 Å². The zero-order chi connectivity index (χ0) is 18.1. The van der Waals surface area contributed by atoms with Crippen LogP contribution < -0.4 is 0 Å². The molecule has 2 aromatic rings. The highest BCUT2D eigenvalue weighted by Crippen LogP contribution is 2.27. The summed E-state index contributed by atoms with van der Waals surface area (Å²) in [7, 11) is 1.35. The number of carbonyl (C=O) groups excluding carboxylic acids is 1. The summed E-state index contributed by atoms with van der Waals surface area (Å²) in [6.45, 7) is 2.16. The maximum Gasteiger partial charge on any atom is 0.330 e. The molecule has 0 saturated carbocycles. The summed E-state index contributed by atoms with van der Waals surface area (Å²) in [5.74, 6) is -0.159. The number of nitriles is 1. The van der Waals surface area contributed by atoms with Crippen molar-refractivity contribution in [2.24, 2.45) is 0 Å². The van der Waals surface area contributed by atoms with E-state index in [1.165, 1.54) is 18.7 Å². The molecule has 0 fully saturated rings. The summed E-state index contributed by atoms with van der Waals surface area (Å²) >= 11 is 0. The molecule has 0 aliphatic heterocycles. The lowest BCUT2D eigenvalue weighted by Gasteiger charge is -2.14. The molecule has 0 aliphatic carbocycles. The molecule has 25 heavy (non-hydrogen) atoms. The van der Waals surface area contributed by atoms with E-state index in [1.807, 2.05) is 36.5 Å². The van der Waals surface area contributed by atoms with Gasteiger partial charge in [0, 0.05) is 18.5 Å². The van der Waals surface area contributed by atoms with Crippen LogP contribution in [0.5, 0.6) is 0 Å². The van der Waals surface area contributed by atoms with Gasteiger partial charge in [0.2, 0.25) is 0 Å². The Morgan fingerprint density at radius 2 is 2.00 bits per heavy atom. The standard InChI is InChI=1S/C21H22N2O2/c1-16(20-4-3-13-23-15-20)5-9-19(14-22)18-10-6-17(7-11-18)8-12-21(24)25-2/h3-4,6-8,10-13,15-16,19H,5,9H2,1-2H3. The monoisotopic (exact) mass is 334 g/mol. The molecular weight excluding hydrogens is 312 g/mol. The Hall–Kier alpha value is -2.93. The van der Waals surface area contributed by atoms with Gasteiger partial charge in [0.1, 0.15) is 0 Å². The van der Waals surface area contributed by atoms with Gasteiger partial charge in [0.15, 0.2) is 0 Å². The van der Waals surface area contributed by atoms with Gasteiger partial charge in [0.25, 0.3) is 0 Å². The average Bonchev–Trinajstić information content (AvgIpc) is 2.67. The van der Waals surface area contributed by atoms with Crippen molar-refractivity contribution in [1.29, 1.82) is 5.26 Å². The quantitative estimate of drug-likeness (QED) is 0.554. The van der Waals surface area contributed by atoms with Crippen LogP contribution in [0, 0.1) is 11.3 Å². The van der Waals surface area contributed by atoms with E-state index in [9.17, 15) is 10.1 Å². The number of rotatable bonds is 7. The van der Waals surface area contributed by atoms with E-state index >= 15 is 0 Å². The Morgan fingerprint density at radius 3 is 2.60 bits per heavy atom. The maximum atomic E-state index is 11.1. The summed E-state index contributed by atoms with van der Waals surface area (Å²) < 4.78 is 4.57. The number of nitrogens with zero attached hydrogens (tertiary/aromatic N) is 2. The van der Waals surface area contributed by atoms with E-state index in [2.05, 4.69) is 28.8 Å². The third-order valence-electron chi connectivity index (χ3n) is 4.25. The number of pyridine rings is 1. The molecule has 0 aliphatic rings. The Morgan fingerprint density at radius 1 is 1.24 bits per heavy atom. The second-order valence-corrected chi connectivity index (χ2v) is 5.97. The summed E-state index contributed by atoms with van der Waals surface area (Å²) in [6, 6.07) is 14.1. The van der Waals surface area contributed by atoms with Gasteiger partial charge in [-0.1, -0.05) is 37.3 Å². The number of carbonyl (C=O) groups is 1. The fraction of sp³-hybridized carbons (Fsp3) is 0.286. The molecule has 2 unspecified atom stereocenters. The first-order valence-corrected chi connectivity index (χ1v) is 8.29. The van der Waals surface area contributed by atoms with Crippen LogP contribution in [0.1, 0.15) is 48.3 Å². The van der Waals surface area contributed by atoms with Gasteiger partial charge < -0.3 is 4.74 Å². The van der Waals surface area contributed by atoms with Crippen LogP contribution in [0.3, 0.4) is 0 Å². The number of methoxy groups -OCH3 is 1. The SMILES string of the molecule is COC(=O)C=Cc1ccc(C(C#N)CCC(C)c2cccnc2)cc1. The van der Waals surface area contributed by atoms with Crippen molar-refractivity contribution in [1.82, 2.24) is 4.98 Å². The molecule has 4 nitrogen and oxygen atoms in total. The number of aromatic nitrogens is 1. The molecular formula is C21H22N2O2. The minimum Gasteiger partial charge on any atom is -0.466 e. The van der Waals surface area contributed by atoms with E-state index in [0.29, 0.717) is 5.92 Å². The van der Waals surface area contributed by atoms with Crippen LogP contribution in [0.25, 0.3) is 6.08 Å². The van der Waals surface area contributed by atoms with Gasteiger partial charge in [0.05, 0.1) is 19.1 Å². The first-order chi connectivity index (χ1) is 12.1. The summed E-state index contributed by atoms with van der Waals surface area (Å²) in [5.41, 5.74) is 3.09. The van der Waals surface area contributed by atoms with Crippen LogP contribution in [0.4, 0.5) is 0 Å². The van der Waals surface area contributed by atoms with E-state index < -0.39 is 0 Å². The second-order valence-electron chi connectivity index (χ2n) is 5.97. The number of hydrogen-bond donors (Lipinski definition) is 0. The Bertz CT molecular complexity index is 746. The van der Waals surface area contributed by atoms with Gasteiger partial charge in [-0.3, -0.25) is 4.98 Å². The molecule has 1 aromatic carbocycles. The van der Waals surface area contributed by atoms with Gasteiger partial charge in [-0.15, -0.1) is 0 Å². The summed E-state index contributed by atoms with van der Waals surface area (Å²) in [4.78, 5) is 15.3. The summed E-state index contributed by atoms with van der Waals surface area (Å²) in [6.07, 6.45) is 8.45. The van der Waals surface area contributed by atoms with Crippen molar-refractivity contribution in [2.75, 3.05) is 7.11 Å². The van der Waals surface area contributed by atoms with Crippen molar-refractivity contribution in [2.45, 2.75) is 31.6 Å². The topological polar surface area (TPSA) is 63.0 Å². The number of esters is 1. The molecule has 1 heterocycles. The van der Waals surface area contributed by atoms with Gasteiger partial charge in [-0.05, 0) is 47.6 Å². The van der Waals surface area contributed by atoms with Gasteiger partial charge in [-0.25, -0.2) is 4.79 Å². The molecule has 2 atom stereocenters. The Balaban J connectivity index is 1.97. The van der Waals surface area contributed by atoms with E-state index in [1.54, 1.807) is 12.3 Å². The molecule has 0 radical (unpaired) electrons. The number of hydrogen-bond acceptors (Lipinski definition) is 4. The van der Waals surface area contributed by atoms with Crippen molar-refractivity contribution in [3.05, 3.63) is 71.6 Å². The Labute approximate surface area is 148 Å². The largest absolute Gasteiger partial charge is 0.466 e. The fourth-order valence-corrected chi connectivity index (χ4v) is 2.63. The van der Waals surface area contributed by atoms with Crippen LogP contribution in [-0.4, -0.2) is 18.1 Å². The molecule has 0 saturated heterocycles. The van der Waals surface area contributed by atoms with Crippen LogP contribution >= 0.6 is 0 Å². The minimum absolute atomic E-state index is 0.141. The first-order valence-electron chi connectivity index (χ1n) is 8.29. The highest BCUT2D eigenvalue weighted by Gasteiger charge is 2.13. The highest BCUT2D eigenvalue weighted by atomic mass is 16.5. The lowest BCUT2D eigenvalue weighted by Crippen LogP contribution is -2.01. The number of ether oxygens (including phenoxy) is 1. The summed E-state index contributed by atoms with van der Waals surface area (Å²) in [5, 5.41) is 9.50. The third kappa shape index (κ3) is 5.58. The molecule has 0 amide bonds. The normalized spacial score (nSPS) is 13.2. The molecule has 2 rings (SSSR count). The fourth-order valence-electron chi connectivity index (χ4n) is 2.63. The third-order valence-corrected chi connectivity index (χ3v) is 4.25. The molecule has 128 valence electrons. The van der Waals surface area contributed by atoms with E-state index in [-0.39, 0.29) is 11.9 Å². The van der Waals surface area contributed by atoms with Crippen molar-refractivity contribution < 1.29 is 9.53 Å². The first kappa shape index (κ1) is 18.4. The minimum atomic E-state index is -0.386. The number of benzene rings is 1. The van der Waals surface area contributed by atoms with Gasteiger partial charge in [-0.2, -0.15) is 5.26 Å². The maximum absolute atomic E-state index is 11.1. The molecule has 0 N–H and O–H groups in total. The molecule has 1 aromatic heterocycles. The van der Waals surface area contributed by atoms with Crippen LogP contribution in [0.15, 0.2) is 54.9 Å². The van der Waals surface area contributed by atoms with Gasteiger partial charge >= 0.3 is 5.97 Å². The second kappa shape index (κ2) is 9.39. The zero-order valence-electron chi connectivity index (χ0n) is 14.6. The van der Waals surface area contributed by atoms with Crippen LogP contribution in [0.2, 0.25) is 0 Å². The Kier molecular flexibility index (Phi) is 6.91. The van der Waals surface area contributed by atoms with Crippen LogP contribution in [-0.2, 0) is 9.53 Å². The molecule has 0 bridgehead atoms. The predicted molar refractivity (Wildman–Crippen MR) is 97.7 cm³/mol. The lowest BCUT2D eigenvalue weighted by molar-refractivity contribution is -0.134.